The fourth-order valence-electron chi connectivity index (χ4n) is 3.36. The highest BCUT2D eigenvalue weighted by atomic mass is 32.1. The summed E-state index contributed by atoms with van der Waals surface area (Å²) in [6.07, 6.45) is 20.1. The summed E-state index contributed by atoms with van der Waals surface area (Å²) in [7, 11) is 0. The van der Waals surface area contributed by atoms with E-state index in [0.717, 1.165) is 25.7 Å². The summed E-state index contributed by atoms with van der Waals surface area (Å²) in [5.41, 5.74) is 5.23. The van der Waals surface area contributed by atoms with Crippen molar-refractivity contribution in [3.05, 3.63) is 0 Å². The molecule has 0 unspecified atom stereocenters. The molecule has 0 aliphatic rings. The van der Waals surface area contributed by atoms with Crippen LogP contribution in [0.25, 0.3) is 0 Å². The minimum Gasteiger partial charge on any atom is -0.368 e. The van der Waals surface area contributed by atoms with Crippen LogP contribution in [0.15, 0.2) is 0 Å². The standard InChI is InChI=1S/C22H45N3O2S/c1-2-3-4-5-6-7-8-9-10-11-12-13-14-18-21(26)24-19-16-15-17-20(25-28)22(23)27/h20,25,28H,2-19H2,1H3,(H2,23,27)(H,24,26)/t20-/m0/s1. The molecule has 0 saturated carbocycles. The van der Waals surface area contributed by atoms with E-state index in [0.29, 0.717) is 19.4 Å². The molecular formula is C22H45N3O2S. The number of nitrogens with one attached hydrogen (secondary N) is 2. The molecule has 6 heteroatoms. The van der Waals surface area contributed by atoms with Gasteiger partial charge in [0.25, 0.3) is 0 Å². The quantitative estimate of drug-likeness (QED) is 0.156. The molecule has 0 saturated heterocycles. The summed E-state index contributed by atoms with van der Waals surface area (Å²) in [5, 5.41) is 2.95. The van der Waals surface area contributed by atoms with E-state index in [4.69, 9.17) is 5.73 Å². The summed E-state index contributed by atoms with van der Waals surface area (Å²) < 4.78 is 2.60. The van der Waals surface area contributed by atoms with Crippen molar-refractivity contribution in [2.45, 2.75) is 122 Å². The molecule has 4 N–H and O–H groups in total. The van der Waals surface area contributed by atoms with Gasteiger partial charge < -0.3 is 11.1 Å². The topological polar surface area (TPSA) is 84.2 Å². The molecule has 0 heterocycles. The average molecular weight is 416 g/mol. The third-order valence-electron chi connectivity index (χ3n) is 5.25. The van der Waals surface area contributed by atoms with E-state index >= 15 is 0 Å². The predicted octanol–water partition coefficient (Wildman–Crippen LogP) is 5.04. The summed E-state index contributed by atoms with van der Waals surface area (Å²) in [6, 6.07) is -0.398. The smallest absolute Gasteiger partial charge is 0.235 e. The Kier molecular flexibility index (Phi) is 20.4. The minimum absolute atomic E-state index is 0.141. The molecule has 0 spiro atoms. The van der Waals surface area contributed by atoms with Crippen LogP contribution < -0.4 is 15.8 Å². The highest BCUT2D eigenvalue weighted by molar-refractivity contribution is 7.78. The Bertz CT molecular complexity index is 381. The first kappa shape index (κ1) is 27.2. The average Bonchev–Trinajstić information content (AvgIpc) is 2.68. The maximum absolute atomic E-state index is 11.8. The first-order valence-corrected chi connectivity index (χ1v) is 12.0. The third kappa shape index (κ3) is 18.6. The molecule has 0 aromatic rings. The first-order chi connectivity index (χ1) is 13.6. The van der Waals surface area contributed by atoms with Crippen molar-refractivity contribution < 1.29 is 9.59 Å². The monoisotopic (exact) mass is 415 g/mol. The maximum Gasteiger partial charge on any atom is 0.235 e. The molecule has 0 aliphatic carbocycles. The molecule has 0 aliphatic heterocycles. The van der Waals surface area contributed by atoms with E-state index in [1.807, 2.05) is 0 Å². The third-order valence-corrected chi connectivity index (χ3v) is 5.56. The number of hydrogen-bond donors (Lipinski definition) is 4. The van der Waals surface area contributed by atoms with Gasteiger partial charge in [-0.25, -0.2) is 0 Å². The maximum atomic E-state index is 11.8. The lowest BCUT2D eigenvalue weighted by Crippen LogP contribution is -2.36. The highest BCUT2D eigenvalue weighted by Crippen LogP contribution is 2.13. The van der Waals surface area contributed by atoms with Crippen molar-refractivity contribution in [1.82, 2.24) is 10.0 Å². The predicted molar refractivity (Wildman–Crippen MR) is 122 cm³/mol. The van der Waals surface area contributed by atoms with Crippen LogP contribution >= 0.6 is 12.8 Å². The molecule has 0 aromatic heterocycles. The zero-order chi connectivity index (χ0) is 20.9. The largest absolute Gasteiger partial charge is 0.368 e. The number of rotatable bonds is 21. The number of thiol groups is 1. The fourth-order valence-corrected chi connectivity index (χ4v) is 3.62. The van der Waals surface area contributed by atoms with Gasteiger partial charge in [0.2, 0.25) is 11.8 Å². The van der Waals surface area contributed by atoms with Crippen LogP contribution in [0.3, 0.4) is 0 Å². The van der Waals surface area contributed by atoms with Crippen molar-refractivity contribution in [2.75, 3.05) is 6.54 Å². The Morgan fingerprint density at radius 1 is 0.786 bits per heavy atom. The van der Waals surface area contributed by atoms with Crippen LogP contribution in [0.1, 0.15) is 116 Å². The van der Waals surface area contributed by atoms with E-state index < -0.39 is 6.04 Å². The van der Waals surface area contributed by atoms with Crippen molar-refractivity contribution in [3.8, 4) is 0 Å². The number of carbonyl (C=O) groups is 2. The van der Waals surface area contributed by atoms with Gasteiger partial charge in [-0.3, -0.25) is 14.3 Å². The molecule has 1 atom stereocenters. The molecule has 166 valence electrons. The zero-order valence-corrected chi connectivity index (χ0v) is 19.0. The number of carbonyl (C=O) groups excluding carboxylic acids is 2. The molecule has 0 aromatic carbocycles. The zero-order valence-electron chi connectivity index (χ0n) is 18.1. The minimum atomic E-state index is -0.398. The number of hydrogen-bond acceptors (Lipinski definition) is 4. The van der Waals surface area contributed by atoms with Crippen molar-refractivity contribution in [1.29, 1.82) is 0 Å². The summed E-state index contributed by atoms with van der Waals surface area (Å²) in [6.45, 7) is 2.93. The molecule has 28 heavy (non-hydrogen) atoms. The molecular weight excluding hydrogens is 370 g/mol. The van der Waals surface area contributed by atoms with E-state index in [2.05, 4.69) is 29.8 Å². The van der Waals surface area contributed by atoms with Gasteiger partial charge in [0.1, 0.15) is 0 Å². The molecule has 2 amide bonds. The highest BCUT2D eigenvalue weighted by Gasteiger charge is 2.11. The number of primary amides is 1. The van der Waals surface area contributed by atoms with Gasteiger partial charge in [-0.05, 0) is 25.7 Å². The molecule has 5 nitrogen and oxygen atoms in total. The molecule has 0 bridgehead atoms. The van der Waals surface area contributed by atoms with Crippen LogP contribution in [0.4, 0.5) is 0 Å². The van der Waals surface area contributed by atoms with Crippen molar-refractivity contribution in [3.63, 3.8) is 0 Å². The second kappa shape index (κ2) is 21.0. The second-order valence-electron chi connectivity index (χ2n) is 7.92. The van der Waals surface area contributed by atoms with E-state index in [-0.39, 0.29) is 11.8 Å². The van der Waals surface area contributed by atoms with Crippen LogP contribution in [0, 0.1) is 0 Å². The van der Waals surface area contributed by atoms with Gasteiger partial charge in [-0.2, -0.15) is 0 Å². The SMILES string of the molecule is CCCCCCCCCCCCCCCC(=O)NCCCC[C@H](NS)C(N)=O. The number of amides is 2. The normalized spacial score (nSPS) is 12.1. The molecule has 0 fully saturated rings. The summed E-state index contributed by atoms with van der Waals surface area (Å²) in [5.74, 6) is -0.247. The van der Waals surface area contributed by atoms with Crippen molar-refractivity contribution >= 4 is 24.6 Å². The van der Waals surface area contributed by atoms with Gasteiger partial charge in [0.05, 0.1) is 6.04 Å². The molecule has 0 rings (SSSR count). The van der Waals surface area contributed by atoms with Gasteiger partial charge >= 0.3 is 0 Å². The van der Waals surface area contributed by atoms with E-state index in [1.54, 1.807) is 0 Å². The lowest BCUT2D eigenvalue weighted by molar-refractivity contribution is -0.121. The summed E-state index contributed by atoms with van der Waals surface area (Å²) >= 11 is 3.89. The Labute approximate surface area is 178 Å². The first-order valence-electron chi connectivity index (χ1n) is 11.6. The molecule has 0 radical (unpaired) electrons. The lowest BCUT2D eigenvalue weighted by Gasteiger charge is -2.11. The number of unbranched alkanes of at least 4 members (excludes halogenated alkanes) is 13. The van der Waals surface area contributed by atoms with Crippen LogP contribution in [0.2, 0.25) is 0 Å². The second-order valence-corrected chi connectivity index (χ2v) is 8.18. The van der Waals surface area contributed by atoms with Gasteiger partial charge in [-0.15, -0.1) is 0 Å². The van der Waals surface area contributed by atoms with Crippen LogP contribution in [-0.4, -0.2) is 24.4 Å². The van der Waals surface area contributed by atoms with Gasteiger partial charge in [0.15, 0.2) is 0 Å². The Balaban J connectivity index is 3.28. The van der Waals surface area contributed by atoms with Gasteiger partial charge in [-0.1, -0.05) is 96.8 Å². The Morgan fingerprint density at radius 2 is 1.29 bits per heavy atom. The van der Waals surface area contributed by atoms with Crippen LogP contribution in [0.5, 0.6) is 0 Å². The fraction of sp³-hybridized carbons (Fsp3) is 0.909. The number of nitrogens with two attached hydrogens (primary N) is 1. The lowest BCUT2D eigenvalue weighted by atomic mass is 10.0. The Hall–Kier alpha value is -0.750. The van der Waals surface area contributed by atoms with E-state index in [9.17, 15) is 9.59 Å². The van der Waals surface area contributed by atoms with Crippen molar-refractivity contribution in [2.24, 2.45) is 5.73 Å². The van der Waals surface area contributed by atoms with Crippen LogP contribution in [-0.2, 0) is 9.59 Å². The van der Waals surface area contributed by atoms with E-state index in [1.165, 1.54) is 70.6 Å². The summed E-state index contributed by atoms with van der Waals surface area (Å²) in [4.78, 5) is 22.8. The van der Waals surface area contributed by atoms with Gasteiger partial charge in [0, 0.05) is 13.0 Å². The Morgan fingerprint density at radius 3 is 1.75 bits per heavy atom.